The number of aromatic nitrogens is 2. The van der Waals surface area contributed by atoms with Gasteiger partial charge in [-0.2, -0.15) is 0 Å². The third-order valence-corrected chi connectivity index (χ3v) is 4.15. The number of hydrogen-bond acceptors (Lipinski definition) is 7. The highest BCUT2D eigenvalue weighted by atomic mass is 16.6. The lowest BCUT2D eigenvalue weighted by Crippen LogP contribution is -2.45. The first-order chi connectivity index (χ1) is 14.1. The number of pyridine rings is 2. The second-order valence-electron chi connectivity index (χ2n) is 7.65. The zero-order chi connectivity index (χ0) is 22.5. The molecule has 0 saturated heterocycles. The summed E-state index contributed by atoms with van der Waals surface area (Å²) in [6, 6.07) is 4.12. The van der Waals surface area contributed by atoms with Crippen LogP contribution in [0.4, 0.5) is 4.79 Å². The Morgan fingerprint density at radius 1 is 1.20 bits per heavy atom. The van der Waals surface area contributed by atoms with Crippen molar-refractivity contribution in [2.24, 2.45) is 7.05 Å². The zero-order valence-electron chi connectivity index (χ0n) is 18.0. The first-order valence-corrected chi connectivity index (χ1v) is 9.32. The lowest BCUT2D eigenvalue weighted by atomic mass is 10.1. The van der Waals surface area contributed by atoms with Crippen LogP contribution in [-0.4, -0.2) is 47.5 Å². The molecule has 0 aliphatic carbocycles. The van der Waals surface area contributed by atoms with Crippen LogP contribution in [0, 0.1) is 0 Å². The van der Waals surface area contributed by atoms with Gasteiger partial charge in [-0.05, 0) is 38.5 Å². The zero-order valence-corrected chi connectivity index (χ0v) is 18.0. The van der Waals surface area contributed by atoms with Crippen molar-refractivity contribution in [2.75, 3.05) is 14.2 Å². The van der Waals surface area contributed by atoms with Gasteiger partial charge in [0.05, 0.1) is 19.9 Å². The molecule has 1 N–H and O–H groups in total. The molecule has 0 unspecified atom stereocenters. The van der Waals surface area contributed by atoms with Crippen LogP contribution in [0.5, 0.6) is 5.75 Å². The largest absolute Gasteiger partial charge is 0.496 e. The molecule has 0 aliphatic rings. The van der Waals surface area contributed by atoms with Crippen molar-refractivity contribution < 1.29 is 23.8 Å². The lowest BCUT2D eigenvalue weighted by molar-refractivity contribution is -0.143. The van der Waals surface area contributed by atoms with Gasteiger partial charge in [0.2, 0.25) is 0 Å². The van der Waals surface area contributed by atoms with Gasteiger partial charge in [-0.15, -0.1) is 0 Å². The summed E-state index contributed by atoms with van der Waals surface area (Å²) >= 11 is 0. The number of ether oxygens (including phenoxy) is 3. The van der Waals surface area contributed by atoms with E-state index in [4.69, 9.17) is 14.2 Å². The highest BCUT2D eigenvalue weighted by Gasteiger charge is 2.25. The van der Waals surface area contributed by atoms with Gasteiger partial charge >= 0.3 is 12.1 Å². The number of carbonyl (C=O) groups excluding carboxylic acids is 2. The van der Waals surface area contributed by atoms with E-state index in [1.807, 2.05) is 0 Å². The Morgan fingerprint density at radius 3 is 2.43 bits per heavy atom. The van der Waals surface area contributed by atoms with Gasteiger partial charge in [-0.1, -0.05) is 6.07 Å². The minimum atomic E-state index is -0.948. The van der Waals surface area contributed by atoms with Gasteiger partial charge in [-0.3, -0.25) is 9.78 Å². The van der Waals surface area contributed by atoms with E-state index in [9.17, 15) is 14.4 Å². The molecule has 0 fully saturated rings. The first kappa shape index (κ1) is 22.9. The van der Waals surface area contributed by atoms with Crippen LogP contribution >= 0.6 is 0 Å². The molecule has 162 valence electrons. The summed E-state index contributed by atoms with van der Waals surface area (Å²) < 4.78 is 16.7. The van der Waals surface area contributed by atoms with Gasteiger partial charge in [-0.25, -0.2) is 9.59 Å². The predicted molar refractivity (Wildman–Crippen MR) is 110 cm³/mol. The van der Waals surface area contributed by atoms with Crippen LogP contribution in [0.2, 0.25) is 0 Å². The van der Waals surface area contributed by atoms with E-state index in [0.717, 1.165) is 0 Å². The summed E-state index contributed by atoms with van der Waals surface area (Å²) in [5, 5.41) is 2.52. The molecule has 30 heavy (non-hydrogen) atoms. The monoisotopic (exact) mass is 417 g/mol. The van der Waals surface area contributed by atoms with E-state index in [2.05, 4.69) is 10.3 Å². The van der Waals surface area contributed by atoms with E-state index in [0.29, 0.717) is 22.6 Å². The molecule has 0 bridgehead atoms. The molecule has 2 heterocycles. The first-order valence-electron chi connectivity index (χ1n) is 9.32. The quantitative estimate of drug-likeness (QED) is 0.717. The molecule has 9 nitrogen and oxygen atoms in total. The van der Waals surface area contributed by atoms with Crippen LogP contribution < -0.4 is 15.6 Å². The maximum Gasteiger partial charge on any atom is 0.408 e. The van der Waals surface area contributed by atoms with Crippen LogP contribution in [0.1, 0.15) is 26.3 Å². The number of alkyl carbamates (subject to hydrolysis) is 1. The smallest absolute Gasteiger partial charge is 0.408 e. The van der Waals surface area contributed by atoms with Gasteiger partial charge in [0.15, 0.2) is 0 Å². The van der Waals surface area contributed by atoms with Crippen molar-refractivity contribution >= 4 is 12.1 Å². The maximum atomic E-state index is 12.5. The number of aryl methyl sites for hydroxylation is 1. The van der Waals surface area contributed by atoms with Crippen molar-refractivity contribution in [3.8, 4) is 17.0 Å². The van der Waals surface area contributed by atoms with Crippen molar-refractivity contribution in [3.63, 3.8) is 0 Å². The van der Waals surface area contributed by atoms with Gasteiger partial charge in [0.25, 0.3) is 5.56 Å². The Labute approximate surface area is 175 Å². The van der Waals surface area contributed by atoms with E-state index in [-0.39, 0.29) is 12.0 Å². The molecule has 1 atom stereocenters. The predicted octanol–water partition coefficient (Wildman–Crippen LogP) is 2.06. The highest BCUT2D eigenvalue weighted by Crippen LogP contribution is 2.24. The van der Waals surface area contributed by atoms with Crippen LogP contribution in [-0.2, 0) is 27.7 Å². The summed E-state index contributed by atoms with van der Waals surface area (Å²) in [6.07, 6.45) is 2.57. The minimum Gasteiger partial charge on any atom is -0.496 e. The van der Waals surface area contributed by atoms with Gasteiger partial charge in [0, 0.05) is 25.9 Å². The Bertz CT molecular complexity index is 960. The number of rotatable bonds is 6. The number of amides is 1. The Hall–Kier alpha value is -3.36. The molecule has 9 heteroatoms. The third kappa shape index (κ3) is 5.82. The van der Waals surface area contributed by atoms with Crippen molar-refractivity contribution in [1.29, 1.82) is 0 Å². The molecule has 0 spiro atoms. The Kier molecular flexibility index (Phi) is 7.20. The molecule has 2 rings (SSSR count). The Balaban J connectivity index is 2.24. The molecule has 2 aromatic rings. The maximum absolute atomic E-state index is 12.5. The van der Waals surface area contributed by atoms with E-state index < -0.39 is 23.7 Å². The summed E-state index contributed by atoms with van der Waals surface area (Å²) in [4.78, 5) is 41.0. The summed E-state index contributed by atoms with van der Waals surface area (Å²) in [5.41, 5.74) is 0.497. The Morgan fingerprint density at radius 2 is 1.90 bits per heavy atom. The van der Waals surface area contributed by atoms with Gasteiger partial charge < -0.3 is 24.1 Å². The fraction of sp³-hybridized carbons (Fsp3) is 0.429. The van der Waals surface area contributed by atoms with E-state index in [1.54, 1.807) is 52.2 Å². The molecule has 1 amide bonds. The summed E-state index contributed by atoms with van der Waals surface area (Å²) in [7, 11) is 4.36. The number of nitrogens with zero attached hydrogens (tertiary/aromatic N) is 2. The second kappa shape index (κ2) is 9.43. The number of methoxy groups -OCH3 is 2. The topological polar surface area (TPSA) is 109 Å². The molecular weight excluding hydrogens is 390 g/mol. The lowest BCUT2D eigenvalue weighted by Gasteiger charge is -2.22. The normalized spacial score (nSPS) is 12.1. The molecule has 0 radical (unpaired) electrons. The van der Waals surface area contributed by atoms with Crippen molar-refractivity contribution in [1.82, 2.24) is 14.9 Å². The standard InChI is InChI=1S/C21H27N3O6/c1-21(2,3)30-20(27)23-15(19(26)29-6)11-13-7-8-14(22-12-13)17-16(28-5)9-10-24(4)18(17)25/h7-10,12,15H,11H2,1-6H3,(H,23,27)/t15-/m0/s1. The second-order valence-corrected chi connectivity index (χ2v) is 7.65. The van der Waals surface area contributed by atoms with Crippen molar-refractivity contribution in [3.05, 3.63) is 46.5 Å². The van der Waals surface area contributed by atoms with Crippen LogP contribution in [0.3, 0.4) is 0 Å². The van der Waals surface area contributed by atoms with Crippen LogP contribution in [0.15, 0.2) is 35.4 Å². The SMILES string of the molecule is COC(=O)[C@H](Cc1ccc(-c2c(OC)ccn(C)c2=O)nc1)NC(=O)OC(C)(C)C. The molecular formula is C21H27N3O6. The minimum absolute atomic E-state index is 0.142. The molecule has 0 aliphatic heterocycles. The number of carbonyl (C=O) groups is 2. The summed E-state index contributed by atoms with van der Waals surface area (Å²) in [6.45, 7) is 5.18. The van der Waals surface area contributed by atoms with Crippen molar-refractivity contribution in [2.45, 2.75) is 38.8 Å². The molecule has 0 saturated carbocycles. The molecule has 2 aromatic heterocycles. The fourth-order valence-corrected chi connectivity index (χ4v) is 2.73. The average molecular weight is 417 g/mol. The van der Waals surface area contributed by atoms with E-state index >= 15 is 0 Å². The number of nitrogens with one attached hydrogen (secondary N) is 1. The van der Waals surface area contributed by atoms with Crippen LogP contribution in [0.25, 0.3) is 11.3 Å². The number of hydrogen-bond donors (Lipinski definition) is 1. The summed E-state index contributed by atoms with van der Waals surface area (Å²) in [5.74, 6) is -0.194. The van der Waals surface area contributed by atoms with Gasteiger partial charge in [0.1, 0.15) is 23.0 Å². The number of esters is 1. The van der Waals surface area contributed by atoms with E-state index in [1.165, 1.54) is 25.0 Å². The average Bonchev–Trinajstić information content (AvgIpc) is 2.68. The molecule has 0 aromatic carbocycles. The third-order valence-electron chi connectivity index (χ3n) is 4.15. The highest BCUT2D eigenvalue weighted by molar-refractivity contribution is 5.81. The fourth-order valence-electron chi connectivity index (χ4n) is 2.73.